The van der Waals surface area contributed by atoms with Gasteiger partial charge in [-0.25, -0.2) is 9.97 Å². The number of nitrogens with zero attached hydrogens (tertiary/aromatic N) is 4. The molecule has 4 nitrogen and oxygen atoms in total. The van der Waals surface area contributed by atoms with Crippen molar-refractivity contribution in [3.05, 3.63) is 253 Å². The van der Waals surface area contributed by atoms with Crippen molar-refractivity contribution in [1.29, 1.82) is 0 Å². The molecule has 0 radical (unpaired) electrons. The molecule has 0 bridgehead atoms. The van der Waals surface area contributed by atoms with E-state index in [0.717, 1.165) is 77.3 Å². The zero-order valence-corrected chi connectivity index (χ0v) is 35.2. The first-order valence-electron chi connectivity index (χ1n) is 22.1. The van der Waals surface area contributed by atoms with Gasteiger partial charge in [0.05, 0.1) is 38.9 Å². The summed E-state index contributed by atoms with van der Waals surface area (Å²) in [6.45, 7) is 0. The summed E-state index contributed by atoms with van der Waals surface area (Å²) in [5, 5.41) is 4.37. The minimum absolute atomic E-state index is 0.500. The summed E-state index contributed by atoms with van der Waals surface area (Å²) in [5.74, 6) is 0. The Morgan fingerprint density at radius 3 is 1.02 bits per heavy atom. The van der Waals surface area contributed by atoms with Crippen molar-refractivity contribution >= 4 is 43.6 Å². The Hall–Kier alpha value is -8.60. The highest BCUT2D eigenvalue weighted by Gasteiger charge is 2.45. The van der Waals surface area contributed by atoms with E-state index in [1.165, 1.54) is 44.5 Å². The molecule has 302 valence electrons. The summed E-state index contributed by atoms with van der Waals surface area (Å²) >= 11 is 0. The number of rotatable bonds is 6. The molecule has 12 aromatic rings. The highest BCUT2D eigenvalue weighted by molar-refractivity contribution is 6.04. The lowest BCUT2D eigenvalue weighted by molar-refractivity contribution is 0.769. The average Bonchev–Trinajstić information content (AvgIpc) is 3.69. The number of fused-ring (bicyclic) bond motifs is 9. The van der Waals surface area contributed by atoms with Crippen molar-refractivity contribution in [1.82, 2.24) is 19.9 Å². The van der Waals surface area contributed by atoms with E-state index in [9.17, 15) is 0 Å². The fraction of sp³-hybridized carbons (Fsp3) is 0.0164. The van der Waals surface area contributed by atoms with Gasteiger partial charge in [0.2, 0.25) is 0 Å². The lowest BCUT2D eigenvalue weighted by atomic mass is 9.67. The van der Waals surface area contributed by atoms with Crippen LogP contribution in [0.5, 0.6) is 0 Å². The van der Waals surface area contributed by atoms with Crippen molar-refractivity contribution in [3.8, 4) is 55.9 Å². The molecule has 0 N–H and O–H groups in total. The van der Waals surface area contributed by atoms with Crippen molar-refractivity contribution in [2.45, 2.75) is 5.41 Å². The van der Waals surface area contributed by atoms with Crippen LogP contribution < -0.4 is 0 Å². The Bertz CT molecular complexity index is 3550. The molecule has 0 unspecified atom stereocenters. The van der Waals surface area contributed by atoms with Gasteiger partial charge in [-0.05, 0) is 79.9 Å². The summed E-state index contributed by atoms with van der Waals surface area (Å²) in [4.78, 5) is 19.5. The average molecular weight is 827 g/mol. The molecule has 0 spiro atoms. The maximum Gasteiger partial charge on any atom is 0.0972 e. The SMILES string of the molecule is c1ccc2c(c1)-c1ccccc1C2(c1ccc(-c2ccc(-c3ccc4ccc5cccnc5c4n3)cc2)cc1)c1ccc(-c2ccc(-c3ccc4ccc5cccnc5c4n3)cc2)cc1. The molecule has 1 aliphatic carbocycles. The molecular formula is C61H38N4. The normalized spacial score (nSPS) is 12.7. The third-order valence-corrected chi connectivity index (χ3v) is 13.5. The van der Waals surface area contributed by atoms with Crippen LogP contribution in [0.25, 0.3) is 99.5 Å². The third-order valence-electron chi connectivity index (χ3n) is 13.5. The van der Waals surface area contributed by atoms with Gasteiger partial charge >= 0.3 is 0 Å². The molecule has 4 aromatic heterocycles. The molecule has 0 amide bonds. The van der Waals surface area contributed by atoms with Crippen molar-refractivity contribution in [3.63, 3.8) is 0 Å². The second-order valence-electron chi connectivity index (χ2n) is 17.0. The lowest BCUT2D eigenvalue weighted by Gasteiger charge is -2.34. The van der Waals surface area contributed by atoms with Crippen LogP contribution in [0.4, 0.5) is 0 Å². The van der Waals surface area contributed by atoms with Gasteiger partial charge in [0.15, 0.2) is 0 Å². The molecule has 4 heterocycles. The molecule has 8 aromatic carbocycles. The number of aromatic nitrogens is 4. The first-order chi connectivity index (χ1) is 32.2. The van der Waals surface area contributed by atoms with E-state index in [1.807, 2.05) is 24.5 Å². The molecule has 4 heteroatoms. The van der Waals surface area contributed by atoms with Gasteiger partial charge in [-0.15, -0.1) is 0 Å². The van der Waals surface area contributed by atoms with Gasteiger partial charge in [-0.1, -0.05) is 194 Å². The predicted octanol–water partition coefficient (Wildman–Crippen LogP) is 14.9. The summed E-state index contributed by atoms with van der Waals surface area (Å²) < 4.78 is 0. The first-order valence-corrected chi connectivity index (χ1v) is 22.1. The van der Waals surface area contributed by atoms with Gasteiger partial charge in [0.25, 0.3) is 0 Å². The van der Waals surface area contributed by atoms with E-state index in [-0.39, 0.29) is 0 Å². The summed E-state index contributed by atoms with van der Waals surface area (Å²) in [7, 11) is 0. The Kier molecular flexibility index (Phi) is 8.40. The molecule has 13 rings (SSSR count). The van der Waals surface area contributed by atoms with Gasteiger partial charge in [-0.2, -0.15) is 0 Å². The lowest BCUT2D eigenvalue weighted by Crippen LogP contribution is -2.28. The Labute approximate surface area is 376 Å². The zero-order valence-electron chi connectivity index (χ0n) is 35.2. The standard InChI is InChI=1S/C61H38N4/c1-3-11-53-51(9-1)52-10-2-4-12-54(52)61(53,49-31-25-41(26-32-49)39-13-17-43(18-14-39)55-35-29-47-23-21-45-7-5-37-62-57(45)59(47)64-55)50-33-27-42(28-34-50)40-15-19-44(20-16-40)56-36-30-48-24-22-46-8-6-38-63-58(46)60(48)65-56/h1-38H. The minimum atomic E-state index is -0.500. The van der Waals surface area contributed by atoms with E-state index in [0.29, 0.717) is 0 Å². The minimum Gasteiger partial charge on any atom is -0.254 e. The van der Waals surface area contributed by atoms with Crippen LogP contribution >= 0.6 is 0 Å². The van der Waals surface area contributed by atoms with E-state index in [2.05, 4.69) is 216 Å². The highest BCUT2D eigenvalue weighted by Crippen LogP contribution is 2.56. The van der Waals surface area contributed by atoms with Crippen LogP contribution in [0.15, 0.2) is 231 Å². The van der Waals surface area contributed by atoms with Crippen LogP contribution in [-0.4, -0.2) is 19.9 Å². The van der Waals surface area contributed by atoms with Crippen LogP contribution in [-0.2, 0) is 5.41 Å². The van der Waals surface area contributed by atoms with E-state index in [1.54, 1.807) is 0 Å². The van der Waals surface area contributed by atoms with E-state index >= 15 is 0 Å². The maximum atomic E-state index is 5.09. The van der Waals surface area contributed by atoms with Crippen molar-refractivity contribution in [2.24, 2.45) is 0 Å². The molecule has 1 aliphatic rings. The predicted molar refractivity (Wildman–Crippen MR) is 267 cm³/mol. The molecule has 0 fully saturated rings. The fourth-order valence-electron chi connectivity index (χ4n) is 10.3. The summed E-state index contributed by atoms with van der Waals surface area (Å²) in [5.41, 5.74) is 19.5. The van der Waals surface area contributed by atoms with E-state index in [4.69, 9.17) is 9.97 Å². The third kappa shape index (κ3) is 5.92. The van der Waals surface area contributed by atoms with Crippen LogP contribution in [0, 0.1) is 0 Å². The number of pyridine rings is 4. The highest BCUT2D eigenvalue weighted by atomic mass is 14.8. The summed E-state index contributed by atoms with van der Waals surface area (Å²) in [6, 6.07) is 78.9. The fourth-order valence-corrected chi connectivity index (χ4v) is 10.3. The molecule has 0 atom stereocenters. The Balaban J connectivity index is 0.842. The number of benzene rings is 8. The molecule has 0 saturated carbocycles. The molecule has 0 aliphatic heterocycles. The quantitative estimate of drug-likeness (QED) is 0.157. The monoisotopic (exact) mass is 826 g/mol. The number of hydrogen-bond acceptors (Lipinski definition) is 4. The Morgan fingerprint density at radius 1 is 0.262 bits per heavy atom. The van der Waals surface area contributed by atoms with E-state index < -0.39 is 5.41 Å². The van der Waals surface area contributed by atoms with Crippen LogP contribution in [0.2, 0.25) is 0 Å². The second-order valence-corrected chi connectivity index (χ2v) is 17.0. The zero-order chi connectivity index (χ0) is 42.9. The van der Waals surface area contributed by atoms with Crippen molar-refractivity contribution < 1.29 is 0 Å². The molecule has 65 heavy (non-hydrogen) atoms. The molecular weight excluding hydrogens is 789 g/mol. The second kappa shape index (κ2) is 14.8. The van der Waals surface area contributed by atoms with Gasteiger partial charge in [0.1, 0.15) is 0 Å². The summed E-state index contributed by atoms with van der Waals surface area (Å²) in [6.07, 6.45) is 3.67. The topological polar surface area (TPSA) is 51.6 Å². The largest absolute Gasteiger partial charge is 0.254 e. The number of hydrogen-bond donors (Lipinski definition) is 0. The smallest absolute Gasteiger partial charge is 0.0972 e. The van der Waals surface area contributed by atoms with Crippen LogP contribution in [0.1, 0.15) is 22.3 Å². The Morgan fingerprint density at radius 2 is 0.600 bits per heavy atom. The van der Waals surface area contributed by atoms with Gasteiger partial charge in [0, 0.05) is 45.1 Å². The maximum absolute atomic E-state index is 5.09. The van der Waals surface area contributed by atoms with Crippen LogP contribution in [0.3, 0.4) is 0 Å². The van der Waals surface area contributed by atoms with Gasteiger partial charge < -0.3 is 0 Å². The molecule has 0 saturated heterocycles. The van der Waals surface area contributed by atoms with Gasteiger partial charge in [-0.3, -0.25) is 9.97 Å². The van der Waals surface area contributed by atoms with Crippen molar-refractivity contribution in [2.75, 3.05) is 0 Å². The first kappa shape index (κ1) is 37.0.